The van der Waals surface area contributed by atoms with E-state index in [1.165, 1.54) is 5.56 Å². The summed E-state index contributed by atoms with van der Waals surface area (Å²) in [5, 5.41) is 0. The molecule has 2 heterocycles. The summed E-state index contributed by atoms with van der Waals surface area (Å²) in [6.07, 6.45) is 0.761. The van der Waals surface area contributed by atoms with Crippen molar-refractivity contribution in [3.8, 4) is 5.75 Å². The Hall–Kier alpha value is -2.63. The van der Waals surface area contributed by atoms with Gasteiger partial charge >= 0.3 is 0 Å². The average Bonchev–Trinajstić information content (AvgIpc) is 2.95. The van der Waals surface area contributed by atoms with Gasteiger partial charge in [0.25, 0.3) is 5.91 Å². The summed E-state index contributed by atoms with van der Waals surface area (Å²) in [6, 6.07) is 9.67. The van der Waals surface area contributed by atoms with Crippen LogP contribution in [-0.4, -0.2) is 40.5 Å². The first kappa shape index (κ1) is 16.2. The number of anilines is 1. The van der Waals surface area contributed by atoms with Crippen LogP contribution in [0.5, 0.6) is 5.75 Å². The molecule has 126 valence electrons. The number of rotatable bonds is 4. The Morgan fingerprint density at radius 1 is 1.38 bits per heavy atom. The fourth-order valence-electron chi connectivity index (χ4n) is 2.83. The molecule has 0 unspecified atom stereocenters. The number of likely N-dealkylation sites (N-methyl/N-ethyl adjacent to an activating group) is 1. The van der Waals surface area contributed by atoms with Crippen molar-refractivity contribution in [3.63, 3.8) is 0 Å². The second kappa shape index (κ2) is 6.47. The number of carbonyl (C=O) groups excluding carboxylic acids is 1. The largest absolute Gasteiger partial charge is 0.488 e. The van der Waals surface area contributed by atoms with Gasteiger partial charge in [0, 0.05) is 19.2 Å². The molecule has 2 aromatic rings. The molecule has 0 radical (unpaired) electrons. The van der Waals surface area contributed by atoms with Gasteiger partial charge in [0.1, 0.15) is 17.5 Å². The van der Waals surface area contributed by atoms with Gasteiger partial charge in [-0.05, 0) is 23.6 Å². The van der Waals surface area contributed by atoms with Crippen molar-refractivity contribution in [1.29, 1.82) is 0 Å². The zero-order valence-electron chi connectivity index (χ0n) is 14.2. The lowest BCUT2D eigenvalue weighted by Gasteiger charge is -2.21. The summed E-state index contributed by atoms with van der Waals surface area (Å²) in [5.74, 6) is 1.03. The number of hydrogen-bond donors (Lipinski definition) is 1. The first-order valence-electron chi connectivity index (χ1n) is 8.08. The van der Waals surface area contributed by atoms with Crippen LogP contribution in [0.3, 0.4) is 0 Å². The Morgan fingerprint density at radius 3 is 2.83 bits per heavy atom. The van der Waals surface area contributed by atoms with Gasteiger partial charge in [-0.1, -0.05) is 32.0 Å². The van der Waals surface area contributed by atoms with Crippen molar-refractivity contribution in [2.24, 2.45) is 0 Å². The van der Waals surface area contributed by atoms with E-state index in [1.54, 1.807) is 18.0 Å². The zero-order valence-corrected chi connectivity index (χ0v) is 14.2. The van der Waals surface area contributed by atoms with Gasteiger partial charge in [0.2, 0.25) is 5.95 Å². The predicted molar refractivity (Wildman–Crippen MR) is 92.1 cm³/mol. The smallest absolute Gasteiger partial charge is 0.272 e. The molecule has 0 saturated carbocycles. The zero-order chi connectivity index (χ0) is 17.3. The van der Waals surface area contributed by atoms with E-state index < -0.39 is 0 Å². The van der Waals surface area contributed by atoms with E-state index in [-0.39, 0.29) is 23.9 Å². The van der Waals surface area contributed by atoms with Gasteiger partial charge in [-0.15, -0.1) is 0 Å². The summed E-state index contributed by atoms with van der Waals surface area (Å²) in [7, 11) is 1.75. The van der Waals surface area contributed by atoms with Crippen molar-refractivity contribution >= 4 is 11.9 Å². The maximum absolute atomic E-state index is 12.7. The number of benzene rings is 1. The second-order valence-electron chi connectivity index (χ2n) is 6.43. The van der Waals surface area contributed by atoms with Crippen LogP contribution < -0.4 is 10.5 Å². The number of para-hydroxylation sites is 1. The number of ether oxygens (including phenoxy) is 1. The third kappa shape index (κ3) is 3.32. The molecule has 0 fully saturated rings. The monoisotopic (exact) mass is 326 g/mol. The molecule has 1 aromatic carbocycles. The van der Waals surface area contributed by atoms with E-state index in [0.717, 1.165) is 17.9 Å². The quantitative estimate of drug-likeness (QED) is 0.932. The van der Waals surface area contributed by atoms with Crippen molar-refractivity contribution in [1.82, 2.24) is 14.9 Å². The molecule has 0 saturated heterocycles. The van der Waals surface area contributed by atoms with Crippen LogP contribution in [0.4, 0.5) is 5.95 Å². The van der Waals surface area contributed by atoms with Crippen molar-refractivity contribution in [3.05, 3.63) is 47.3 Å². The highest BCUT2D eigenvalue weighted by Crippen LogP contribution is 2.28. The first-order chi connectivity index (χ1) is 11.4. The molecule has 6 heteroatoms. The molecule has 6 nitrogen and oxygen atoms in total. The SMILES string of the molecule is CC(C)c1cc(C(=O)N(C)C[C@H]2Cc3ccccc3O2)nc(N)n1. The third-order valence-electron chi connectivity index (χ3n) is 4.11. The van der Waals surface area contributed by atoms with Crippen LogP contribution in [0.25, 0.3) is 0 Å². The Kier molecular flexibility index (Phi) is 4.38. The summed E-state index contributed by atoms with van der Waals surface area (Å²) in [5.41, 5.74) is 8.01. The van der Waals surface area contributed by atoms with E-state index >= 15 is 0 Å². The van der Waals surface area contributed by atoms with Gasteiger partial charge in [0.15, 0.2) is 0 Å². The number of aromatic nitrogens is 2. The highest BCUT2D eigenvalue weighted by Gasteiger charge is 2.26. The number of nitrogens with two attached hydrogens (primary N) is 1. The first-order valence-corrected chi connectivity index (χ1v) is 8.08. The normalized spacial score (nSPS) is 15.9. The number of amides is 1. The molecule has 0 spiro atoms. The van der Waals surface area contributed by atoms with Crippen molar-refractivity contribution in [2.75, 3.05) is 19.3 Å². The molecule has 0 aliphatic carbocycles. The fourth-order valence-corrected chi connectivity index (χ4v) is 2.83. The van der Waals surface area contributed by atoms with Crippen LogP contribution in [0.2, 0.25) is 0 Å². The molecular weight excluding hydrogens is 304 g/mol. The minimum absolute atomic E-state index is 0.0416. The molecule has 3 rings (SSSR count). The van der Waals surface area contributed by atoms with Gasteiger partial charge in [0.05, 0.1) is 6.54 Å². The number of carbonyl (C=O) groups is 1. The lowest BCUT2D eigenvalue weighted by atomic mass is 10.1. The van der Waals surface area contributed by atoms with Crippen LogP contribution in [0, 0.1) is 0 Å². The van der Waals surface area contributed by atoms with Gasteiger partial charge in [-0.2, -0.15) is 0 Å². The van der Waals surface area contributed by atoms with E-state index in [4.69, 9.17) is 10.5 Å². The maximum atomic E-state index is 12.7. The molecule has 2 N–H and O–H groups in total. The number of fused-ring (bicyclic) bond motifs is 1. The number of nitrogen functional groups attached to an aromatic ring is 1. The Morgan fingerprint density at radius 2 is 2.12 bits per heavy atom. The molecule has 1 atom stereocenters. The van der Waals surface area contributed by atoms with Gasteiger partial charge in [-0.3, -0.25) is 4.79 Å². The molecule has 1 amide bonds. The Balaban J connectivity index is 1.70. The van der Waals surface area contributed by atoms with E-state index in [0.29, 0.717) is 12.2 Å². The third-order valence-corrected chi connectivity index (χ3v) is 4.11. The van der Waals surface area contributed by atoms with Crippen LogP contribution in [0.15, 0.2) is 30.3 Å². The fraction of sp³-hybridized carbons (Fsp3) is 0.389. The molecule has 1 aliphatic heterocycles. The summed E-state index contributed by atoms with van der Waals surface area (Å²) in [4.78, 5) is 22.5. The van der Waals surface area contributed by atoms with Crippen LogP contribution in [0.1, 0.15) is 41.5 Å². The molecule has 1 aromatic heterocycles. The summed E-state index contributed by atoms with van der Waals surface area (Å²) in [6.45, 7) is 4.50. The number of hydrogen-bond acceptors (Lipinski definition) is 5. The highest BCUT2D eigenvalue weighted by molar-refractivity contribution is 5.92. The van der Waals surface area contributed by atoms with Crippen LogP contribution >= 0.6 is 0 Å². The molecule has 0 bridgehead atoms. The predicted octanol–water partition coefficient (Wildman–Crippen LogP) is 2.26. The molecule has 1 aliphatic rings. The van der Waals surface area contributed by atoms with Gasteiger partial charge < -0.3 is 15.4 Å². The lowest BCUT2D eigenvalue weighted by molar-refractivity contribution is 0.0724. The minimum Gasteiger partial charge on any atom is -0.488 e. The standard InChI is InChI=1S/C18H22N4O2/c1-11(2)14-9-15(21-18(19)20-14)17(23)22(3)10-13-8-12-6-4-5-7-16(12)24-13/h4-7,9,11,13H,8,10H2,1-3H3,(H2,19,20,21)/t13-/m1/s1. The Labute approximate surface area is 141 Å². The van der Waals surface area contributed by atoms with E-state index in [9.17, 15) is 4.79 Å². The summed E-state index contributed by atoms with van der Waals surface area (Å²) < 4.78 is 5.90. The summed E-state index contributed by atoms with van der Waals surface area (Å²) >= 11 is 0. The highest BCUT2D eigenvalue weighted by atomic mass is 16.5. The molecule has 24 heavy (non-hydrogen) atoms. The van der Waals surface area contributed by atoms with Crippen LogP contribution in [-0.2, 0) is 6.42 Å². The van der Waals surface area contributed by atoms with E-state index in [1.807, 2.05) is 32.0 Å². The Bertz CT molecular complexity index is 735. The second-order valence-corrected chi connectivity index (χ2v) is 6.43. The van der Waals surface area contributed by atoms with Gasteiger partial charge in [-0.25, -0.2) is 9.97 Å². The van der Waals surface area contributed by atoms with E-state index in [2.05, 4.69) is 16.0 Å². The number of nitrogens with zero attached hydrogens (tertiary/aromatic N) is 3. The lowest BCUT2D eigenvalue weighted by Crippen LogP contribution is -2.37. The maximum Gasteiger partial charge on any atom is 0.272 e. The van der Waals surface area contributed by atoms with Crippen molar-refractivity contribution in [2.45, 2.75) is 32.3 Å². The molecular formula is C18H22N4O2. The van der Waals surface area contributed by atoms with Crippen molar-refractivity contribution < 1.29 is 9.53 Å². The minimum atomic E-state index is -0.175. The topological polar surface area (TPSA) is 81.3 Å². The average molecular weight is 326 g/mol.